The predicted molar refractivity (Wildman–Crippen MR) is 38.4 cm³/mol. The Morgan fingerprint density at radius 2 is 2.44 bits per heavy atom. The number of aliphatic imine (C=N–C) groups is 1. The fraction of sp³-hybridized carbons (Fsp3) is 0.500. The number of aliphatic hydroxyl groups is 1. The van der Waals surface area contributed by atoms with Crippen LogP contribution in [0, 0.1) is 0 Å². The molecule has 52 valence electrons. The van der Waals surface area contributed by atoms with Gasteiger partial charge in [-0.3, -0.25) is 4.99 Å². The Balaban J connectivity index is 3.35. The molecule has 0 aromatic heterocycles. The smallest absolute Gasteiger partial charge is 0.0626 e. The quantitative estimate of drug-likeness (QED) is 0.522. The average molecular weight is 128 g/mol. The van der Waals surface area contributed by atoms with Crippen LogP contribution in [-0.4, -0.2) is 24.5 Å². The standard InChI is InChI=1S/C6H12N2O/c1-6(7)2-3-8-4-5-9/h2-3,9H,4-5,7H2,1H3. The molecule has 9 heavy (non-hydrogen) atoms. The van der Waals surface area contributed by atoms with Crippen molar-refractivity contribution in [3.8, 4) is 0 Å². The Morgan fingerprint density at radius 1 is 1.78 bits per heavy atom. The van der Waals surface area contributed by atoms with E-state index in [0.717, 1.165) is 5.70 Å². The van der Waals surface area contributed by atoms with E-state index in [4.69, 9.17) is 10.8 Å². The summed E-state index contributed by atoms with van der Waals surface area (Å²) >= 11 is 0. The van der Waals surface area contributed by atoms with Crippen molar-refractivity contribution in [3.63, 3.8) is 0 Å². The Labute approximate surface area is 54.9 Å². The monoisotopic (exact) mass is 128 g/mol. The summed E-state index contributed by atoms with van der Waals surface area (Å²) in [4.78, 5) is 3.80. The topological polar surface area (TPSA) is 58.6 Å². The number of nitrogens with zero attached hydrogens (tertiary/aromatic N) is 1. The highest BCUT2D eigenvalue weighted by Gasteiger charge is 1.72. The Hall–Kier alpha value is -0.830. The van der Waals surface area contributed by atoms with E-state index in [-0.39, 0.29) is 6.61 Å². The summed E-state index contributed by atoms with van der Waals surface area (Å²) in [6.07, 6.45) is 3.28. The largest absolute Gasteiger partial charge is 0.402 e. The molecule has 0 aromatic carbocycles. The Bertz CT molecular complexity index is 114. The van der Waals surface area contributed by atoms with Gasteiger partial charge in [-0.1, -0.05) is 0 Å². The third-order valence-electron chi connectivity index (χ3n) is 0.672. The van der Waals surface area contributed by atoms with Crippen LogP contribution < -0.4 is 5.73 Å². The summed E-state index contributed by atoms with van der Waals surface area (Å²) in [6.45, 7) is 2.32. The molecule has 0 radical (unpaired) electrons. The van der Waals surface area contributed by atoms with Gasteiger partial charge >= 0.3 is 0 Å². The zero-order chi connectivity index (χ0) is 7.11. The summed E-state index contributed by atoms with van der Waals surface area (Å²) in [5.74, 6) is 0. The van der Waals surface area contributed by atoms with Crippen LogP contribution >= 0.6 is 0 Å². The maximum absolute atomic E-state index is 8.27. The van der Waals surface area contributed by atoms with Gasteiger partial charge in [0, 0.05) is 11.9 Å². The minimum atomic E-state index is 0.0912. The third kappa shape index (κ3) is 7.17. The van der Waals surface area contributed by atoms with Crippen molar-refractivity contribution in [1.29, 1.82) is 0 Å². The third-order valence-corrected chi connectivity index (χ3v) is 0.672. The molecule has 3 nitrogen and oxygen atoms in total. The SMILES string of the molecule is CC(N)=CC=NCCO. The van der Waals surface area contributed by atoms with Crippen molar-refractivity contribution in [1.82, 2.24) is 0 Å². The highest BCUT2D eigenvalue weighted by molar-refractivity contribution is 5.71. The summed E-state index contributed by atoms with van der Waals surface area (Å²) < 4.78 is 0. The molecule has 0 saturated heterocycles. The zero-order valence-electron chi connectivity index (χ0n) is 5.54. The second-order valence-corrected chi connectivity index (χ2v) is 1.69. The van der Waals surface area contributed by atoms with Gasteiger partial charge in [-0.25, -0.2) is 0 Å². The molecule has 0 atom stereocenters. The Kier molecular flexibility index (Phi) is 4.82. The highest BCUT2D eigenvalue weighted by atomic mass is 16.3. The molecule has 3 heteroatoms. The minimum absolute atomic E-state index is 0.0912. The van der Waals surface area contributed by atoms with E-state index < -0.39 is 0 Å². The van der Waals surface area contributed by atoms with Gasteiger partial charge in [-0.2, -0.15) is 0 Å². The van der Waals surface area contributed by atoms with E-state index in [2.05, 4.69) is 4.99 Å². The minimum Gasteiger partial charge on any atom is -0.402 e. The summed E-state index contributed by atoms with van der Waals surface area (Å²) in [7, 11) is 0. The van der Waals surface area contributed by atoms with Gasteiger partial charge in [0.05, 0.1) is 13.2 Å². The molecule has 0 aromatic rings. The fourth-order valence-electron chi connectivity index (χ4n) is 0.303. The van der Waals surface area contributed by atoms with E-state index in [1.807, 2.05) is 0 Å². The average Bonchev–Trinajstić information content (AvgIpc) is 1.80. The molecule has 0 aliphatic carbocycles. The highest BCUT2D eigenvalue weighted by Crippen LogP contribution is 1.74. The molecular weight excluding hydrogens is 116 g/mol. The lowest BCUT2D eigenvalue weighted by atomic mass is 10.5. The van der Waals surface area contributed by atoms with E-state index in [1.165, 1.54) is 0 Å². The van der Waals surface area contributed by atoms with Crippen LogP contribution in [0.3, 0.4) is 0 Å². The molecule has 0 unspecified atom stereocenters. The van der Waals surface area contributed by atoms with Gasteiger partial charge in [0.15, 0.2) is 0 Å². The van der Waals surface area contributed by atoms with Crippen LogP contribution in [0.25, 0.3) is 0 Å². The number of hydrogen-bond donors (Lipinski definition) is 2. The van der Waals surface area contributed by atoms with Crippen molar-refractivity contribution in [2.24, 2.45) is 10.7 Å². The molecule has 0 aliphatic rings. The number of nitrogens with two attached hydrogens (primary N) is 1. The van der Waals surface area contributed by atoms with Crippen molar-refractivity contribution in [2.75, 3.05) is 13.2 Å². The molecule has 0 spiro atoms. The molecule has 3 N–H and O–H groups in total. The summed E-state index contributed by atoms with van der Waals surface area (Å²) in [5.41, 5.74) is 6.00. The second-order valence-electron chi connectivity index (χ2n) is 1.69. The Morgan fingerprint density at radius 3 is 2.89 bits per heavy atom. The van der Waals surface area contributed by atoms with Gasteiger partial charge in [-0.05, 0) is 13.0 Å². The van der Waals surface area contributed by atoms with Crippen LogP contribution in [0.4, 0.5) is 0 Å². The van der Waals surface area contributed by atoms with Gasteiger partial charge in [-0.15, -0.1) is 0 Å². The van der Waals surface area contributed by atoms with Crippen molar-refractivity contribution in [3.05, 3.63) is 11.8 Å². The van der Waals surface area contributed by atoms with Gasteiger partial charge in [0.25, 0.3) is 0 Å². The molecule has 0 amide bonds. The first-order chi connectivity index (χ1) is 4.27. The van der Waals surface area contributed by atoms with E-state index in [9.17, 15) is 0 Å². The van der Waals surface area contributed by atoms with Gasteiger partial charge < -0.3 is 10.8 Å². The molecule has 0 bridgehead atoms. The molecule has 0 rings (SSSR count). The predicted octanol–water partition coefficient (Wildman–Crippen LogP) is -0.0880. The lowest BCUT2D eigenvalue weighted by Crippen LogP contribution is -1.91. The van der Waals surface area contributed by atoms with Gasteiger partial charge in [0.1, 0.15) is 0 Å². The first-order valence-electron chi connectivity index (χ1n) is 2.80. The molecule has 0 saturated carbocycles. The second kappa shape index (κ2) is 5.31. The van der Waals surface area contributed by atoms with Crippen LogP contribution in [0.15, 0.2) is 16.8 Å². The fourth-order valence-corrected chi connectivity index (χ4v) is 0.303. The maximum Gasteiger partial charge on any atom is 0.0626 e. The molecular formula is C6H12N2O. The number of allylic oxidation sites excluding steroid dienone is 2. The van der Waals surface area contributed by atoms with Gasteiger partial charge in [0.2, 0.25) is 0 Å². The molecule has 0 heterocycles. The van der Waals surface area contributed by atoms with E-state index in [1.54, 1.807) is 19.2 Å². The van der Waals surface area contributed by atoms with Crippen LogP contribution in [0.1, 0.15) is 6.92 Å². The van der Waals surface area contributed by atoms with Crippen molar-refractivity contribution >= 4 is 6.21 Å². The van der Waals surface area contributed by atoms with Crippen LogP contribution in [-0.2, 0) is 0 Å². The normalized spacial score (nSPS) is 12.9. The zero-order valence-corrected chi connectivity index (χ0v) is 5.54. The number of rotatable bonds is 3. The molecule has 0 aliphatic heterocycles. The van der Waals surface area contributed by atoms with Crippen molar-refractivity contribution in [2.45, 2.75) is 6.92 Å². The molecule has 0 fully saturated rings. The first kappa shape index (κ1) is 8.17. The maximum atomic E-state index is 8.27. The van der Waals surface area contributed by atoms with Crippen LogP contribution in [0.5, 0.6) is 0 Å². The van der Waals surface area contributed by atoms with Crippen LogP contribution in [0.2, 0.25) is 0 Å². The summed E-state index contributed by atoms with van der Waals surface area (Å²) in [6, 6.07) is 0. The van der Waals surface area contributed by atoms with E-state index >= 15 is 0 Å². The summed E-state index contributed by atoms with van der Waals surface area (Å²) in [5, 5.41) is 8.27. The van der Waals surface area contributed by atoms with E-state index in [0.29, 0.717) is 6.54 Å². The number of hydrogen-bond acceptors (Lipinski definition) is 3. The number of aliphatic hydroxyl groups excluding tert-OH is 1. The van der Waals surface area contributed by atoms with Crippen molar-refractivity contribution < 1.29 is 5.11 Å². The lowest BCUT2D eigenvalue weighted by Gasteiger charge is -1.83. The first-order valence-corrected chi connectivity index (χ1v) is 2.80. The lowest BCUT2D eigenvalue weighted by molar-refractivity contribution is 0.307.